The summed E-state index contributed by atoms with van der Waals surface area (Å²) >= 11 is 0. The van der Waals surface area contributed by atoms with Crippen molar-refractivity contribution in [3.05, 3.63) is 0 Å². The van der Waals surface area contributed by atoms with Gasteiger partial charge in [-0.15, -0.1) is 6.42 Å². The molecule has 1 aliphatic heterocycles. The van der Waals surface area contributed by atoms with E-state index in [1.807, 2.05) is 27.8 Å². The number of amides is 1. The first-order valence-electron chi connectivity index (χ1n) is 5.57. The number of quaternary nitrogens is 1. The number of ether oxygens (including phenoxy) is 1. The van der Waals surface area contributed by atoms with Crippen LogP contribution < -0.4 is 0 Å². The van der Waals surface area contributed by atoms with E-state index in [0.29, 0.717) is 17.7 Å². The summed E-state index contributed by atoms with van der Waals surface area (Å²) in [7, 11) is 1.97. The maximum atomic E-state index is 12.0. The predicted octanol–water partition coefficient (Wildman–Crippen LogP) is 1.62. The highest BCUT2D eigenvalue weighted by Crippen LogP contribution is 2.21. The van der Waals surface area contributed by atoms with Crippen LogP contribution in [0.3, 0.4) is 0 Å². The Bertz CT molecular complexity index is 314. The van der Waals surface area contributed by atoms with Gasteiger partial charge in [0.1, 0.15) is 12.1 Å². The number of hydrogen-bond acceptors (Lipinski definition) is 2. The van der Waals surface area contributed by atoms with Crippen LogP contribution in [0, 0.1) is 12.3 Å². The molecule has 0 aliphatic carbocycles. The zero-order valence-electron chi connectivity index (χ0n) is 10.6. The zero-order valence-corrected chi connectivity index (χ0v) is 10.6. The van der Waals surface area contributed by atoms with Gasteiger partial charge in [-0.3, -0.25) is 0 Å². The summed E-state index contributed by atoms with van der Waals surface area (Å²) < 4.78 is 5.83. The first kappa shape index (κ1) is 12.9. The number of terminal acetylenes is 1. The lowest BCUT2D eigenvalue weighted by Crippen LogP contribution is -2.56. The van der Waals surface area contributed by atoms with Crippen LogP contribution in [0.5, 0.6) is 0 Å². The van der Waals surface area contributed by atoms with Gasteiger partial charge in [0.15, 0.2) is 6.54 Å². The van der Waals surface area contributed by atoms with Gasteiger partial charge in [-0.2, -0.15) is 5.01 Å². The molecule has 1 aliphatic rings. The third kappa shape index (κ3) is 2.89. The van der Waals surface area contributed by atoms with Crippen molar-refractivity contribution in [3.8, 4) is 12.3 Å². The standard InChI is InChI=1S/C12H21N2O2/c1-6-9-14(5)10-7-8-13(14)11(15)16-12(2,3)4/h1H,7-10H2,2-5H3/q+1/t14-/m1/s1. The molecular formula is C12H21N2O2+. The molecule has 4 heteroatoms. The molecule has 0 N–H and O–H groups in total. The van der Waals surface area contributed by atoms with Crippen molar-refractivity contribution in [2.45, 2.75) is 32.8 Å². The summed E-state index contributed by atoms with van der Waals surface area (Å²) in [4.78, 5) is 12.0. The Kier molecular flexibility index (Phi) is 3.49. The van der Waals surface area contributed by atoms with Crippen LogP contribution in [0.4, 0.5) is 4.79 Å². The highest BCUT2D eigenvalue weighted by atomic mass is 16.6. The Morgan fingerprint density at radius 1 is 1.56 bits per heavy atom. The lowest BCUT2D eigenvalue weighted by molar-refractivity contribution is -0.988. The molecular weight excluding hydrogens is 204 g/mol. The van der Waals surface area contributed by atoms with Gasteiger partial charge in [0.2, 0.25) is 0 Å². The minimum atomic E-state index is -0.458. The molecule has 0 spiro atoms. The van der Waals surface area contributed by atoms with E-state index in [1.165, 1.54) is 0 Å². The normalized spacial score (nSPS) is 25.3. The average Bonchev–Trinajstić information content (AvgIpc) is 2.44. The monoisotopic (exact) mass is 225 g/mol. The number of carbonyl (C=O) groups excluding carboxylic acids is 1. The molecule has 1 atom stereocenters. The summed E-state index contributed by atoms with van der Waals surface area (Å²) in [5.41, 5.74) is -0.458. The molecule has 4 nitrogen and oxygen atoms in total. The van der Waals surface area contributed by atoms with E-state index >= 15 is 0 Å². The van der Waals surface area contributed by atoms with Gasteiger partial charge in [-0.1, -0.05) is 0 Å². The van der Waals surface area contributed by atoms with Gasteiger partial charge in [-0.05, 0) is 26.7 Å². The Hall–Kier alpha value is -1.21. The number of hydrogen-bond donors (Lipinski definition) is 0. The fourth-order valence-electron chi connectivity index (χ4n) is 1.89. The van der Waals surface area contributed by atoms with Crippen LogP contribution in [0.15, 0.2) is 0 Å². The van der Waals surface area contributed by atoms with Crippen LogP contribution in [0.1, 0.15) is 27.2 Å². The second-order valence-corrected chi connectivity index (χ2v) is 5.38. The summed E-state index contributed by atoms with van der Waals surface area (Å²) in [6.07, 6.45) is 6.03. The van der Waals surface area contributed by atoms with Crippen LogP contribution in [-0.2, 0) is 4.74 Å². The molecule has 0 saturated carbocycles. The molecule has 90 valence electrons. The first-order valence-corrected chi connectivity index (χ1v) is 5.57. The SMILES string of the molecule is C#CC[N@+]1(C)CCCN1C(=O)OC(C)(C)C. The van der Waals surface area contributed by atoms with Crippen molar-refractivity contribution < 1.29 is 14.1 Å². The topological polar surface area (TPSA) is 29.5 Å². The Balaban J connectivity index is 2.73. The van der Waals surface area contributed by atoms with Crippen LogP contribution in [0.25, 0.3) is 0 Å². The van der Waals surface area contributed by atoms with Gasteiger partial charge in [0.05, 0.1) is 13.6 Å². The van der Waals surface area contributed by atoms with E-state index in [2.05, 4.69) is 5.92 Å². The zero-order chi connectivity index (χ0) is 12.4. The highest BCUT2D eigenvalue weighted by Gasteiger charge is 2.41. The highest BCUT2D eigenvalue weighted by molar-refractivity contribution is 5.66. The maximum Gasteiger partial charge on any atom is 0.455 e. The largest absolute Gasteiger partial charge is 0.455 e. The Morgan fingerprint density at radius 3 is 2.69 bits per heavy atom. The summed E-state index contributed by atoms with van der Waals surface area (Å²) in [5, 5.41) is 1.71. The molecule has 1 saturated heterocycles. The molecule has 1 amide bonds. The summed E-state index contributed by atoms with van der Waals surface area (Å²) in [6.45, 7) is 7.74. The van der Waals surface area contributed by atoms with Crippen molar-refractivity contribution in [2.75, 3.05) is 26.7 Å². The van der Waals surface area contributed by atoms with Gasteiger partial charge >= 0.3 is 6.09 Å². The van der Waals surface area contributed by atoms with Crippen molar-refractivity contribution in [2.24, 2.45) is 0 Å². The lowest BCUT2D eigenvalue weighted by atomic mass is 10.2. The predicted molar refractivity (Wildman–Crippen MR) is 62.3 cm³/mol. The van der Waals surface area contributed by atoms with Crippen molar-refractivity contribution >= 4 is 6.09 Å². The summed E-state index contributed by atoms with van der Waals surface area (Å²) in [6, 6.07) is 0. The lowest BCUT2D eigenvalue weighted by Gasteiger charge is -2.35. The molecule has 0 aromatic carbocycles. The molecule has 0 aromatic rings. The third-order valence-electron chi connectivity index (χ3n) is 2.63. The number of rotatable bonds is 1. The second-order valence-electron chi connectivity index (χ2n) is 5.38. The van der Waals surface area contributed by atoms with Crippen LogP contribution in [0.2, 0.25) is 0 Å². The fourth-order valence-corrected chi connectivity index (χ4v) is 1.89. The Morgan fingerprint density at radius 2 is 2.19 bits per heavy atom. The van der Waals surface area contributed by atoms with E-state index < -0.39 is 5.60 Å². The van der Waals surface area contributed by atoms with Gasteiger partial charge in [0, 0.05) is 6.42 Å². The minimum Gasteiger partial charge on any atom is -0.441 e. The molecule has 1 fully saturated rings. The van der Waals surface area contributed by atoms with Crippen LogP contribution >= 0.6 is 0 Å². The fraction of sp³-hybridized carbons (Fsp3) is 0.750. The minimum absolute atomic E-state index is 0.275. The molecule has 0 bridgehead atoms. The molecule has 16 heavy (non-hydrogen) atoms. The second kappa shape index (κ2) is 4.34. The van der Waals surface area contributed by atoms with E-state index in [0.717, 1.165) is 13.0 Å². The van der Waals surface area contributed by atoms with E-state index in [9.17, 15) is 4.79 Å². The molecule has 0 aromatic heterocycles. The molecule has 1 heterocycles. The first-order chi connectivity index (χ1) is 7.28. The van der Waals surface area contributed by atoms with Gasteiger partial charge in [-0.25, -0.2) is 9.39 Å². The van der Waals surface area contributed by atoms with E-state index in [-0.39, 0.29) is 6.09 Å². The smallest absolute Gasteiger partial charge is 0.441 e. The number of carbonyl (C=O) groups is 1. The third-order valence-corrected chi connectivity index (χ3v) is 2.63. The van der Waals surface area contributed by atoms with Gasteiger partial charge < -0.3 is 4.74 Å². The molecule has 0 radical (unpaired) electrons. The van der Waals surface area contributed by atoms with Crippen LogP contribution in [-0.4, -0.2) is 48.0 Å². The maximum absolute atomic E-state index is 12.0. The summed E-state index contributed by atoms with van der Waals surface area (Å²) in [5.74, 6) is 2.62. The molecule has 1 rings (SSSR count). The van der Waals surface area contributed by atoms with Gasteiger partial charge in [0.25, 0.3) is 0 Å². The van der Waals surface area contributed by atoms with Crippen molar-refractivity contribution in [1.82, 2.24) is 5.01 Å². The quantitative estimate of drug-likeness (QED) is 0.501. The Labute approximate surface area is 97.7 Å². The number of nitrogens with zero attached hydrogens (tertiary/aromatic N) is 2. The average molecular weight is 225 g/mol. The van der Waals surface area contributed by atoms with E-state index in [4.69, 9.17) is 11.2 Å². The van der Waals surface area contributed by atoms with Crippen molar-refractivity contribution in [1.29, 1.82) is 0 Å². The van der Waals surface area contributed by atoms with E-state index in [1.54, 1.807) is 5.01 Å². The van der Waals surface area contributed by atoms with Crippen molar-refractivity contribution in [3.63, 3.8) is 0 Å². The molecule has 0 unspecified atom stereocenters.